The van der Waals surface area contributed by atoms with Crippen LogP contribution >= 0.6 is 11.6 Å². The van der Waals surface area contributed by atoms with E-state index < -0.39 is 0 Å². The van der Waals surface area contributed by atoms with Gasteiger partial charge in [0, 0.05) is 12.2 Å². The molecule has 1 saturated carbocycles. The molecule has 0 spiro atoms. The SMILES string of the molecule is CC1CCC(n2ccc3c(Cl)ncnc32)CC1. The maximum atomic E-state index is 6.07. The van der Waals surface area contributed by atoms with E-state index in [0.717, 1.165) is 17.0 Å². The smallest absolute Gasteiger partial charge is 0.145 e. The van der Waals surface area contributed by atoms with Crippen molar-refractivity contribution in [1.29, 1.82) is 0 Å². The van der Waals surface area contributed by atoms with E-state index in [0.29, 0.717) is 11.2 Å². The third kappa shape index (κ3) is 1.93. The fourth-order valence-corrected chi connectivity index (χ4v) is 2.95. The van der Waals surface area contributed by atoms with Crippen LogP contribution in [0.25, 0.3) is 11.0 Å². The highest BCUT2D eigenvalue weighted by Gasteiger charge is 2.21. The first-order chi connectivity index (χ1) is 8.25. The first kappa shape index (κ1) is 11.0. The predicted octanol–water partition coefficient (Wildman–Crippen LogP) is 3.84. The van der Waals surface area contributed by atoms with Crippen molar-refractivity contribution in [2.75, 3.05) is 0 Å². The van der Waals surface area contributed by atoms with E-state index in [9.17, 15) is 0 Å². The fourth-order valence-electron chi connectivity index (χ4n) is 2.76. The van der Waals surface area contributed by atoms with Crippen LogP contribution in [-0.4, -0.2) is 14.5 Å². The lowest BCUT2D eigenvalue weighted by Crippen LogP contribution is -2.16. The second-order valence-electron chi connectivity index (χ2n) is 5.04. The lowest BCUT2D eigenvalue weighted by molar-refractivity contribution is 0.293. The van der Waals surface area contributed by atoms with Crippen LogP contribution in [0, 0.1) is 5.92 Å². The summed E-state index contributed by atoms with van der Waals surface area (Å²) in [5, 5.41) is 1.52. The van der Waals surface area contributed by atoms with Gasteiger partial charge in [0.25, 0.3) is 0 Å². The number of nitrogens with zero attached hydrogens (tertiary/aromatic N) is 3. The molecule has 3 nitrogen and oxygen atoms in total. The number of aromatic nitrogens is 3. The Morgan fingerprint density at radius 2 is 2.00 bits per heavy atom. The predicted molar refractivity (Wildman–Crippen MR) is 69.2 cm³/mol. The molecule has 0 N–H and O–H groups in total. The summed E-state index contributed by atoms with van der Waals surface area (Å²) in [6.07, 6.45) is 8.75. The highest BCUT2D eigenvalue weighted by atomic mass is 35.5. The first-order valence-corrected chi connectivity index (χ1v) is 6.60. The zero-order chi connectivity index (χ0) is 11.8. The molecule has 0 atom stereocenters. The largest absolute Gasteiger partial charge is 0.329 e. The quantitative estimate of drug-likeness (QED) is 0.719. The lowest BCUT2D eigenvalue weighted by atomic mass is 9.87. The summed E-state index contributed by atoms with van der Waals surface area (Å²) in [6.45, 7) is 2.34. The molecule has 2 aromatic heterocycles. The summed E-state index contributed by atoms with van der Waals surface area (Å²) in [6, 6.07) is 2.60. The van der Waals surface area contributed by atoms with E-state index in [-0.39, 0.29) is 0 Å². The maximum Gasteiger partial charge on any atom is 0.145 e. The van der Waals surface area contributed by atoms with Gasteiger partial charge in [0.1, 0.15) is 17.1 Å². The van der Waals surface area contributed by atoms with Gasteiger partial charge < -0.3 is 4.57 Å². The molecule has 0 aliphatic heterocycles. The molecule has 0 saturated heterocycles. The monoisotopic (exact) mass is 249 g/mol. The molecule has 0 amide bonds. The van der Waals surface area contributed by atoms with Crippen LogP contribution in [0.3, 0.4) is 0 Å². The summed E-state index contributed by atoms with van der Waals surface area (Å²) < 4.78 is 2.27. The average Bonchev–Trinajstić information content (AvgIpc) is 2.75. The van der Waals surface area contributed by atoms with E-state index in [1.165, 1.54) is 25.7 Å². The van der Waals surface area contributed by atoms with Gasteiger partial charge in [-0.15, -0.1) is 0 Å². The Balaban J connectivity index is 1.98. The Hall–Kier alpha value is -1.09. The van der Waals surface area contributed by atoms with Crippen LogP contribution in [0.4, 0.5) is 0 Å². The van der Waals surface area contributed by atoms with Gasteiger partial charge in [-0.2, -0.15) is 0 Å². The van der Waals surface area contributed by atoms with Gasteiger partial charge in [-0.1, -0.05) is 18.5 Å². The molecule has 0 aromatic carbocycles. The first-order valence-electron chi connectivity index (χ1n) is 6.22. The van der Waals surface area contributed by atoms with E-state index >= 15 is 0 Å². The number of halogens is 1. The molecule has 1 aliphatic rings. The number of hydrogen-bond acceptors (Lipinski definition) is 2. The molecule has 0 bridgehead atoms. The summed E-state index contributed by atoms with van der Waals surface area (Å²) >= 11 is 6.07. The molecule has 17 heavy (non-hydrogen) atoms. The van der Waals surface area contributed by atoms with Crippen LogP contribution in [0.5, 0.6) is 0 Å². The summed E-state index contributed by atoms with van der Waals surface area (Å²) in [7, 11) is 0. The van der Waals surface area contributed by atoms with E-state index in [4.69, 9.17) is 11.6 Å². The minimum atomic E-state index is 0.554. The van der Waals surface area contributed by atoms with Gasteiger partial charge in [0.2, 0.25) is 0 Å². The number of rotatable bonds is 1. The minimum Gasteiger partial charge on any atom is -0.329 e. The van der Waals surface area contributed by atoms with Crippen LogP contribution < -0.4 is 0 Å². The molecule has 0 unspecified atom stereocenters. The highest BCUT2D eigenvalue weighted by molar-refractivity contribution is 6.33. The third-order valence-corrected chi connectivity index (χ3v) is 4.14. The van der Waals surface area contributed by atoms with Gasteiger partial charge in [0.15, 0.2) is 0 Å². The van der Waals surface area contributed by atoms with Gasteiger partial charge in [-0.05, 0) is 37.7 Å². The van der Waals surface area contributed by atoms with Crippen molar-refractivity contribution in [3.63, 3.8) is 0 Å². The molecule has 90 valence electrons. The van der Waals surface area contributed by atoms with Gasteiger partial charge in [0.05, 0.1) is 5.39 Å². The minimum absolute atomic E-state index is 0.554. The molecule has 2 heterocycles. The molecule has 0 radical (unpaired) electrons. The van der Waals surface area contributed by atoms with Crippen LogP contribution in [0.15, 0.2) is 18.6 Å². The van der Waals surface area contributed by atoms with E-state index in [2.05, 4.69) is 27.7 Å². The topological polar surface area (TPSA) is 30.7 Å². The van der Waals surface area contributed by atoms with Crippen LogP contribution in [0.1, 0.15) is 38.6 Å². The normalized spacial score (nSPS) is 25.3. The van der Waals surface area contributed by atoms with Crippen molar-refractivity contribution in [3.05, 3.63) is 23.7 Å². The van der Waals surface area contributed by atoms with Crippen molar-refractivity contribution in [2.45, 2.75) is 38.6 Å². The summed E-state index contributed by atoms with van der Waals surface area (Å²) in [4.78, 5) is 8.38. The Bertz CT molecular complexity index is 526. The molecular weight excluding hydrogens is 234 g/mol. The molecule has 2 aromatic rings. The standard InChI is InChI=1S/C13H16ClN3/c1-9-2-4-10(5-3-9)17-7-6-11-12(14)15-8-16-13(11)17/h6-10H,2-5H2,1H3. The average molecular weight is 250 g/mol. The van der Waals surface area contributed by atoms with Crippen molar-refractivity contribution in [3.8, 4) is 0 Å². The number of hydrogen-bond donors (Lipinski definition) is 0. The van der Waals surface area contributed by atoms with Gasteiger partial charge in [-0.25, -0.2) is 9.97 Å². The van der Waals surface area contributed by atoms with Crippen molar-refractivity contribution >= 4 is 22.6 Å². The lowest BCUT2D eigenvalue weighted by Gasteiger charge is -2.27. The summed E-state index contributed by atoms with van der Waals surface area (Å²) in [5.74, 6) is 0.867. The van der Waals surface area contributed by atoms with Crippen molar-refractivity contribution in [1.82, 2.24) is 14.5 Å². The Kier molecular flexibility index (Phi) is 2.79. The van der Waals surface area contributed by atoms with Crippen molar-refractivity contribution < 1.29 is 0 Å². The zero-order valence-corrected chi connectivity index (χ0v) is 10.7. The Labute approximate surface area is 106 Å². The molecule has 1 aliphatic carbocycles. The van der Waals surface area contributed by atoms with Gasteiger partial charge in [-0.3, -0.25) is 0 Å². The van der Waals surface area contributed by atoms with Crippen molar-refractivity contribution in [2.24, 2.45) is 5.92 Å². The second-order valence-corrected chi connectivity index (χ2v) is 5.40. The summed E-state index contributed by atoms with van der Waals surface area (Å²) in [5.41, 5.74) is 0.976. The van der Waals surface area contributed by atoms with E-state index in [1.807, 2.05) is 6.07 Å². The highest BCUT2D eigenvalue weighted by Crippen LogP contribution is 2.34. The van der Waals surface area contributed by atoms with Crippen LogP contribution in [-0.2, 0) is 0 Å². The molecule has 4 heteroatoms. The molecular formula is C13H16ClN3. The third-order valence-electron chi connectivity index (χ3n) is 3.84. The molecule has 3 rings (SSSR count). The fraction of sp³-hybridized carbons (Fsp3) is 0.538. The number of fused-ring (bicyclic) bond motifs is 1. The maximum absolute atomic E-state index is 6.07. The molecule has 1 fully saturated rings. The Morgan fingerprint density at radius 3 is 2.76 bits per heavy atom. The van der Waals surface area contributed by atoms with Crippen LogP contribution in [0.2, 0.25) is 5.15 Å². The van der Waals surface area contributed by atoms with E-state index in [1.54, 1.807) is 6.33 Å². The Morgan fingerprint density at radius 1 is 1.24 bits per heavy atom. The zero-order valence-electron chi connectivity index (χ0n) is 9.93. The van der Waals surface area contributed by atoms with Gasteiger partial charge >= 0.3 is 0 Å². The second kappa shape index (κ2) is 4.30.